The highest BCUT2D eigenvalue weighted by atomic mass is 16.4. The zero-order valence-electron chi connectivity index (χ0n) is 14.4. The zero-order valence-corrected chi connectivity index (χ0v) is 14.4. The summed E-state index contributed by atoms with van der Waals surface area (Å²) in [6.45, 7) is 9.65. The molecule has 1 N–H and O–H groups in total. The molecule has 3 rings (SSSR count). The number of hydrogen-bond acceptors (Lipinski definition) is 4. The maximum atomic E-state index is 12.3. The lowest BCUT2D eigenvalue weighted by Crippen LogP contribution is -2.34. The Hall–Kier alpha value is -2.40. The molecule has 0 atom stereocenters. The summed E-state index contributed by atoms with van der Waals surface area (Å²) in [6.07, 6.45) is 0. The summed E-state index contributed by atoms with van der Waals surface area (Å²) >= 11 is 0. The molecule has 0 saturated carbocycles. The number of fused-ring (bicyclic) bond motifs is 2. The molecular weight excluding hydrogens is 302 g/mol. The minimum absolute atomic E-state index is 0.194. The van der Waals surface area contributed by atoms with E-state index in [1.165, 1.54) is 0 Å². The molecule has 126 valence electrons. The molecule has 0 aliphatic carbocycles. The van der Waals surface area contributed by atoms with Crippen LogP contribution in [0.2, 0.25) is 0 Å². The summed E-state index contributed by atoms with van der Waals surface area (Å²) in [5.41, 5.74) is 2.53. The molecule has 0 fully saturated rings. The fourth-order valence-corrected chi connectivity index (χ4v) is 2.80. The molecule has 2 aromatic heterocycles. The van der Waals surface area contributed by atoms with Crippen molar-refractivity contribution in [2.24, 2.45) is 0 Å². The monoisotopic (exact) mass is 325 g/mol. The number of nitrogens with one attached hydrogen (secondary N) is 1. The molecule has 0 unspecified atom stereocenters. The van der Waals surface area contributed by atoms with Crippen LogP contribution in [-0.4, -0.2) is 42.0 Å². The van der Waals surface area contributed by atoms with Gasteiger partial charge in [0.15, 0.2) is 5.76 Å². The number of nitrogens with zero attached hydrogens (tertiary/aromatic N) is 2. The number of pyridine rings is 1. The number of carbonyl (C=O) groups is 1. The molecule has 1 aromatic carbocycles. The van der Waals surface area contributed by atoms with Gasteiger partial charge in [0.05, 0.1) is 5.52 Å². The number of amides is 1. The second kappa shape index (κ2) is 7.01. The molecule has 5 nitrogen and oxygen atoms in total. The van der Waals surface area contributed by atoms with Gasteiger partial charge in [-0.05, 0) is 43.8 Å². The van der Waals surface area contributed by atoms with Crippen LogP contribution in [0.4, 0.5) is 0 Å². The summed E-state index contributed by atoms with van der Waals surface area (Å²) in [4.78, 5) is 19.0. The van der Waals surface area contributed by atoms with E-state index in [9.17, 15) is 4.79 Å². The third-order valence-corrected chi connectivity index (χ3v) is 4.29. The van der Waals surface area contributed by atoms with Crippen molar-refractivity contribution in [3.8, 4) is 0 Å². The lowest BCUT2D eigenvalue weighted by molar-refractivity contribution is 0.0923. The topological polar surface area (TPSA) is 58.4 Å². The third kappa shape index (κ3) is 3.41. The summed E-state index contributed by atoms with van der Waals surface area (Å²) in [5.74, 6) is 0.115. The third-order valence-electron chi connectivity index (χ3n) is 4.29. The van der Waals surface area contributed by atoms with Gasteiger partial charge in [-0.15, -0.1) is 0 Å². The van der Waals surface area contributed by atoms with Gasteiger partial charge in [0.1, 0.15) is 0 Å². The van der Waals surface area contributed by atoms with Crippen LogP contribution in [0.5, 0.6) is 0 Å². The van der Waals surface area contributed by atoms with E-state index >= 15 is 0 Å². The van der Waals surface area contributed by atoms with Gasteiger partial charge in [-0.25, -0.2) is 4.98 Å². The SMILES string of the molecule is CCN(CC)CCNC(=O)c1cc2cc3ccc(C)cc3nc2o1. The fourth-order valence-electron chi connectivity index (χ4n) is 2.80. The number of aryl methyl sites for hydroxylation is 1. The van der Waals surface area contributed by atoms with E-state index in [4.69, 9.17) is 4.42 Å². The highest BCUT2D eigenvalue weighted by molar-refractivity contribution is 5.98. The van der Waals surface area contributed by atoms with Gasteiger partial charge in [0.2, 0.25) is 5.71 Å². The van der Waals surface area contributed by atoms with Crippen molar-refractivity contribution in [2.45, 2.75) is 20.8 Å². The van der Waals surface area contributed by atoms with Gasteiger partial charge in [0.25, 0.3) is 5.91 Å². The fraction of sp³-hybridized carbons (Fsp3) is 0.368. The van der Waals surface area contributed by atoms with Crippen molar-refractivity contribution in [1.82, 2.24) is 15.2 Å². The van der Waals surface area contributed by atoms with E-state index in [1.807, 2.05) is 25.1 Å². The number of carbonyl (C=O) groups excluding carboxylic acids is 1. The Bertz CT molecular complexity index is 866. The minimum atomic E-state index is -0.194. The molecule has 0 spiro atoms. The van der Waals surface area contributed by atoms with Gasteiger partial charge in [-0.1, -0.05) is 26.0 Å². The smallest absolute Gasteiger partial charge is 0.287 e. The highest BCUT2D eigenvalue weighted by Crippen LogP contribution is 2.23. The number of likely N-dealkylation sites (N-methyl/N-ethyl adjacent to an activating group) is 1. The van der Waals surface area contributed by atoms with Gasteiger partial charge in [-0.2, -0.15) is 0 Å². The first-order chi connectivity index (χ1) is 11.6. The van der Waals surface area contributed by atoms with E-state index in [1.54, 1.807) is 6.07 Å². The second-order valence-corrected chi connectivity index (χ2v) is 5.97. The van der Waals surface area contributed by atoms with Crippen molar-refractivity contribution in [2.75, 3.05) is 26.2 Å². The summed E-state index contributed by atoms with van der Waals surface area (Å²) in [5, 5.41) is 4.80. The molecule has 0 bridgehead atoms. The summed E-state index contributed by atoms with van der Waals surface area (Å²) in [6, 6.07) is 9.87. The second-order valence-electron chi connectivity index (χ2n) is 5.97. The molecule has 3 aromatic rings. The van der Waals surface area contributed by atoms with E-state index in [-0.39, 0.29) is 5.91 Å². The average Bonchev–Trinajstić information content (AvgIpc) is 2.99. The van der Waals surface area contributed by atoms with Gasteiger partial charge < -0.3 is 14.6 Å². The maximum Gasteiger partial charge on any atom is 0.287 e. The van der Waals surface area contributed by atoms with E-state index < -0.39 is 0 Å². The Balaban J connectivity index is 1.77. The van der Waals surface area contributed by atoms with E-state index in [0.29, 0.717) is 18.0 Å². The van der Waals surface area contributed by atoms with Crippen molar-refractivity contribution in [3.63, 3.8) is 0 Å². The minimum Gasteiger partial charge on any atom is -0.433 e. The standard InChI is InChI=1S/C19H23N3O2/c1-4-22(5-2)9-8-20-18(23)17-12-15-11-14-7-6-13(3)10-16(14)21-19(15)24-17/h6-7,10-12H,4-5,8-9H2,1-3H3,(H,20,23). The van der Waals surface area contributed by atoms with Crippen LogP contribution in [0, 0.1) is 6.92 Å². The Morgan fingerprint density at radius 3 is 2.71 bits per heavy atom. The Kier molecular flexibility index (Phi) is 4.81. The molecule has 2 heterocycles. The van der Waals surface area contributed by atoms with Crippen LogP contribution in [-0.2, 0) is 0 Å². The summed E-state index contributed by atoms with van der Waals surface area (Å²) < 4.78 is 5.65. The number of benzene rings is 1. The highest BCUT2D eigenvalue weighted by Gasteiger charge is 2.13. The van der Waals surface area contributed by atoms with E-state index in [2.05, 4.69) is 35.1 Å². The van der Waals surface area contributed by atoms with Crippen molar-refractivity contribution < 1.29 is 9.21 Å². The molecule has 0 aliphatic rings. The Labute approximate surface area is 141 Å². The Morgan fingerprint density at radius 1 is 1.17 bits per heavy atom. The van der Waals surface area contributed by atoms with Gasteiger partial charge >= 0.3 is 0 Å². The predicted molar refractivity (Wildman–Crippen MR) is 96.4 cm³/mol. The van der Waals surface area contributed by atoms with Crippen LogP contribution >= 0.6 is 0 Å². The van der Waals surface area contributed by atoms with Crippen LogP contribution in [0.1, 0.15) is 30.0 Å². The van der Waals surface area contributed by atoms with E-state index in [0.717, 1.165) is 41.5 Å². The molecular formula is C19H23N3O2. The predicted octanol–water partition coefficient (Wildman–Crippen LogP) is 3.36. The molecule has 1 amide bonds. The first-order valence-corrected chi connectivity index (χ1v) is 8.42. The number of furan rings is 1. The number of hydrogen-bond donors (Lipinski definition) is 1. The lowest BCUT2D eigenvalue weighted by Gasteiger charge is -2.17. The lowest BCUT2D eigenvalue weighted by atomic mass is 10.1. The average molecular weight is 325 g/mol. The van der Waals surface area contributed by atoms with Gasteiger partial charge in [-0.3, -0.25) is 4.79 Å². The first-order valence-electron chi connectivity index (χ1n) is 8.42. The number of rotatable bonds is 6. The summed E-state index contributed by atoms with van der Waals surface area (Å²) in [7, 11) is 0. The van der Waals surface area contributed by atoms with Crippen LogP contribution < -0.4 is 5.32 Å². The molecule has 0 saturated heterocycles. The van der Waals surface area contributed by atoms with Crippen molar-refractivity contribution >= 4 is 27.9 Å². The zero-order chi connectivity index (χ0) is 17.1. The van der Waals surface area contributed by atoms with Crippen LogP contribution in [0.15, 0.2) is 34.7 Å². The quantitative estimate of drug-likeness (QED) is 0.755. The van der Waals surface area contributed by atoms with Crippen LogP contribution in [0.3, 0.4) is 0 Å². The van der Waals surface area contributed by atoms with Gasteiger partial charge in [0, 0.05) is 23.9 Å². The normalized spacial score (nSPS) is 11.5. The largest absolute Gasteiger partial charge is 0.433 e. The van der Waals surface area contributed by atoms with Crippen molar-refractivity contribution in [3.05, 3.63) is 41.7 Å². The molecule has 5 heteroatoms. The number of aromatic nitrogens is 1. The molecule has 0 radical (unpaired) electrons. The van der Waals surface area contributed by atoms with Crippen LogP contribution in [0.25, 0.3) is 22.0 Å². The molecule has 24 heavy (non-hydrogen) atoms. The first kappa shape index (κ1) is 16.5. The van der Waals surface area contributed by atoms with Crippen molar-refractivity contribution in [1.29, 1.82) is 0 Å². The Morgan fingerprint density at radius 2 is 1.96 bits per heavy atom. The molecule has 0 aliphatic heterocycles. The maximum absolute atomic E-state index is 12.3.